The first-order valence-electron chi connectivity index (χ1n) is 8.21. The largest absolute Gasteiger partial charge is 0.494 e. The van der Waals surface area contributed by atoms with E-state index < -0.39 is 5.97 Å². The maximum atomic E-state index is 12.5. The van der Waals surface area contributed by atoms with E-state index in [9.17, 15) is 9.59 Å². The second-order valence-electron chi connectivity index (χ2n) is 5.54. The Labute approximate surface area is 157 Å². The molecule has 0 aliphatic carbocycles. The fraction of sp³-hybridized carbons (Fsp3) is 0.389. The summed E-state index contributed by atoms with van der Waals surface area (Å²) in [7, 11) is 0. The lowest BCUT2D eigenvalue weighted by molar-refractivity contribution is -0.137. The number of amides is 1. The molecule has 1 N–H and O–H groups in total. The number of hydrogen-bond acceptors (Lipinski definition) is 5. The van der Waals surface area contributed by atoms with Crippen molar-refractivity contribution in [1.82, 2.24) is 4.90 Å². The summed E-state index contributed by atoms with van der Waals surface area (Å²) < 4.78 is 5.96. The molecule has 25 heavy (non-hydrogen) atoms. The highest BCUT2D eigenvalue weighted by Crippen LogP contribution is 2.33. The summed E-state index contributed by atoms with van der Waals surface area (Å²) in [5, 5.41) is 8.63. The van der Waals surface area contributed by atoms with E-state index in [2.05, 4.69) is 0 Å². The van der Waals surface area contributed by atoms with E-state index in [1.807, 2.05) is 37.3 Å². The summed E-state index contributed by atoms with van der Waals surface area (Å²) in [6.07, 6.45) is 4.12. The van der Waals surface area contributed by atoms with Gasteiger partial charge in [-0.15, -0.1) is 0 Å². The molecule has 7 heteroatoms. The molecule has 1 aliphatic rings. The van der Waals surface area contributed by atoms with E-state index in [1.54, 1.807) is 4.90 Å². The molecule has 1 fully saturated rings. The third-order valence-corrected chi connectivity index (χ3v) is 5.01. The highest BCUT2D eigenvalue weighted by atomic mass is 32.2. The minimum Gasteiger partial charge on any atom is -0.494 e. The maximum absolute atomic E-state index is 12.5. The number of hydrogen-bond donors (Lipinski definition) is 1. The highest BCUT2D eigenvalue weighted by molar-refractivity contribution is 8.26. The van der Waals surface area contributed by atoms with Gasteiger partial charge in [0.05, 0.1) is 11.5 Å². The monoisotopic (exact) mass is 379 g/mol. The van der Waals surface area contributed by atoms with Crippen LogP contribution in [0.5, 0.6) is 5.75 Å². The Morgan fingerprint density at radius 3 is 2.64 bits per heavy atom. The summed E-state index contributed by atoms with van der Waals surface area (Å²) in [5.41, 5.74) is 0.922. The van der Waals surface area contributed by atoms with Crippen molar-refractivity contribution in [1.29, 1.82) is 0 Å². The van der Waals surface area contributed by atoms with Crippen molar-refractivity contribution in [2.24, 2.45) is 0 Å². The Kier molecular flexibility index (Phi) is 7.46. The van der Waals surface area contributed by atoms with Crippen LogP contribution in [0.3, 0.4) is 0 Å². The third kappa shape index (κ3) is 5.86. The Bertz CT molecular complexity index is 670. The van der Waals surface area contributed by atoms with Crippen molar-refractivity contribution < 1.29 is 19.4 Å². The summed E-state index contributed by atoms with van der Waals surface area (Å²) in [6.45, 7) is 3.08. The molecule has 0 saturated carbocycles. The van der Waals surface area contributed by atoms with Gasteiger partial charge in [0, 0.05) is 13.0 Å². The van der Waals surface area contributed by atoms with Crippen molar-refractivity contribution in [2.75, 3.05) is 13.2 Å². The predicted molar refractivity (Wildman–Crippen MR) is 104 cm³/mol. The standard InChI is InChI=1S/C18H21NO4S2/c1-2-23-14-9-7-13(8-10-14)12-15-17(22)19(18(24)25-15)11-5-3-4-6-16(20)21/h7-10,12H,2-6,11H2,1H3,(H,20,21)/b15-12+. The third-order valence-electron chi connectivity index (χ3n) is 3.63. The van der Waals surface area contributed by atoms with Crippen LogP contribution in [0, 0.1) is 0 Å². The number of rotatable bonds is 9. The topological polar surface area (TPSA) is 66.8 Å². The second kappa shape index (κ2) is 9.58. The number of benzene rings is 1. The molecule has 0 bridgehead atoms. The SMILES string of the molecule is CCOc1ccc(/C=C2/SC(=S)N(CCCCCC(=O)O)C2=O)cc1. The van der Waals surface area contributed by atoms with Gasteiger partial charge in [-0.1, -0.05) is 42.5 Å². The normalized spacial score (nSPS) is 15.9. The van der Waals surface area contributed by atoms with Gasteiger partial charge in [-0.05, 0) is 43.5 Å². The number of carboxylic acids is 1. The Morgan fingerprint density at radius 1 is 1.28 bits per heavy atom. The summed E-state index contributed by atoms with van der Waals surface area (Å²) in [6, 6.07) is 7.56. The van der Waals surface area contributed by atoms with Gasteiger partial charge in [0.15, 0.2) is 0 Å². The van der Waals surface area contributed by atoms with E-state index >= 15 is 0 Å². The summed E-state index contributed by atoms with van der Waals surface area (Å²) in [4.78, 5) is 25.2. The highest BCUT2D eigenvalue weighted by Gasteiger charge is 2.31. The van der Waals surface area contributed by atoms with Crippen molar-refractivity contribution >= 4 is 46.3 Å². The van der Waals surface area contributed by atoms with Gasteiger partial charge in [0.25, 0.3) is 5.91 Å². The van der Waals surface area contributed by atoms with Gasteiger partial charge >= 0.3 is 5.97 Å². The molecular weight excluding hydrogens is 358 g/mol. The molecule has 0 aromatic heterocycles. The van der Waals surface area contributed by atoms with Gasteiger partial charge in [0.2, 0.25) is 0 Å². The van der Waals surface area contributed by atoms with Gasteiger partial charge in [-0.2, -0.15) is 0 Å². The van der Waals surface area contributed by atoms with Crippen LogP contribution in [0.2, 0.25) is 0 Å². The number of carbonyl (C=O) groups excluding carboxylic acids is 1. The molecule has 1 amide bonds. The lowest BCUT2D eigenvalue weighted by Crippen LogP contribution is -2.29. The second-order valence-corrected chi connectivity index (χ2v) is 7.22. The summed E-state index contributed by atoms with van der Waals surface area (Å²) >= 11 is 6.60. The number of ether oxygens (including phenoxy) is 1. The van der Waals surface area contributed by atoms with E-state index in [-0.39, 0.29) is 12.3 Å². The number of thiocarbonyl (C=S) groups is 1. The number of carboxylic acid groups (broad SMARTS) is 1. The molecule has 1 saturated heterocycles. The first-order valence-corrected chi connectivity index (χ1v) is 9.43. The van der Waals surface area contributed by atoms with Crippen molar-refractivity contribution in [3.05, 3.63) is 34.7 Å². The van der Waals surface area contributed by atoms with Crippen LogP contribution in [-0.2, 0) is 9.59 Å². The fourth-order valence-electron chi connectivity index (χ4n) is 2.39. The van der Waals surface area contributed by atoms with Crippen LogP contribution >= 0.6 is 24.0 Å². The lowest BCUT2D eigenvalue weighted by Gasteiger charge is -2.13. The quantitative estimate of drug-likeness (QED) is 0.398. The number of thioether (sulfide) groups is 1. The minimum atomic E-state index is -0.788. The average molecular weight is 380 g/mol. The van der Waals surface area contributed by atoms with Gasteiger partial charge in [-0.25, -0.2) is 0 Å². The molecule has 1 aromatic rings. The predicted octanol–water partition coefficient (Wildman–Crippen LogP) is 3.93. The van der Waals surface area contributed by atoms with E-state index in [0.717, 1.165) is 24.2 Å². The molecule has 0 spiro atoms. The van der Waals surface area contributed by atoms with Crippen LogP contribution in [0.25, 0.3) is 6.08 Å². The van der Waals surface area contributed by atoms with Crippen molar-refractivity contribution in [2.45, 2.75) is 32.6 Å². The zero-order chi connectivity index (χ0) is 18.2. The smallest absolute Gasteiger partial charge is 0.303 e. The van der Waals surface area contributed by atoms with Crippen molar-refractivity contribution in [3.63, 3.8) is 0 Å². The molecule has 0 radical (unpaired) electrons. The number of carbonyl (C=O) groups is 2. The molecule has 0 unspecified atom stereocenters. The Morgan fingerprint density at radius 2 is 2.00 bits per heavy atom. The molecule has 2 rings (SSSR count). The fourth-order valence-corrected chi connectivity index (χ4v) is 3.70. The maximum Gasteiger partial charge on any atom is 0.303 e. The van der Waals surface area contributed by atoms with Crippen LogP contribution in [0.4, 0.5) is 0 Å². The van der Waals surface area contributed by atoms with Crippen LogP contribution in [-0.4, -0.2) is 39.4 Å². The first kappa shape index (κ1) is 19.5. The molecule has 0 atom stereocenters. The van der Waals surface area contributed by atoms with Crippen LogP contribution in [0.15, 0.2) is 29.2 Å². The van der Waals surface area contributed by atoms with Gasteiger partial charge < -0.3 is 9.84 Å². The van der Waals surface area contributed by atoms with E-state index in [1.165, 1.54) is 11.8 Å². The Hall–Kier alpha value is -1.86. The zero-order valence-corrected chi connectivity index (χ0v) is 15.7. The Balaban J connectivity index is 1.91. The molecule has 1 heterocycles. The molecule has 1 aromatic carbocycles. The molecule has 5 nitrogen and oxygen atoms in total. The van der Waals surface area contributed by atoms with Gasteiger partial charge in [-0.3, -0.25) is 14.5 Å². The van der Waals surface area contributed by atoms with E-state index in [4.69, 9.17) is 22.1 Å². The van der Waals surface area contributed by atoms with Gasteiger partial charge in [0.1, 0.15) is 10.1 Å². The summed E-state index contributed by atoms with van der Waals surface area (Å²) in [5.74, 6) is -0.0698. The number of nitrogens with zero attached hydrogens (tertiary/aromatic N) is 1. The first-order chi connectivity index (χ1) is 12.0. The zero-order valence-electron chi connectivity index (χ0n) is 14.1. The molecular formula is C18H21NO4S2. The lowest BCUT2D eigenvalue weighted by atomic mass is 10.2. The van der Waals surface area contributed by atoms with Crippen molar-refractivity contribution in [3.8, 4) is 5.75 Å². The molecule has 1 aliphatic heterocycles. The average Bonchev–Trinajstić information content (AvgIpc) is 2.83. The van der Waals surface area contributed by atoms with Crippen LogP contribution < -0.4 is 4.74 Å². The number of aliphatic carboxylic acids is 1. The van der Waals surface area contributed by atoms with E-state index in [0.29, 0.717) is 28.8 Å². The van der Waals surface area contributed by atoms with Crippen LogP contribution in [0.1, 0.15) is 38.2 Å². The number of unbranched alkanes of at least 4 members (excludes halogenated alkanes) is 2. The minimum absolute atomic E-state index is 0.0814. The molecule has 134 valence electrons.